The molecule has 2 N–H and O–H groups in total. The first-order valence-corrected chi connectivity index (χ1v) is 7.06. The molecule has 0 heterocycles. The van der Waals surface area contributed by atoms with Gasteiger partial charge in [0, 0.05) is 25.2 Å². The third kappa shape index (κ3) is 5.18. The Kier molecular flexibility index (Phi) is 5.91. The average Bonchev–Trinajstić information content (AvgIpc) is 2.52. The topological polar surface area (TPSA) is 50.4 Å². The molecule has 0 spiro atoms. The van der Waals surface area contributed by atoms with Crippen molar-refractivity contribution in [2.45, 2.75) is 13.0 Å². The van der Waals surface area contributed by atoms with Crippen LogP contribution in [0.15, 0.2) is 48.5 Å². The highest BCUT2D eigenvalue weighted by molar-refractivity contribution is 5.90. The molecule has 0 bridgehead atoms. The number of ether oxygens (including phenoxy) is 1. The Labute approximate surface area is 129 Å². The lowest BCUT2D eigenvalue weighted by Crippen LogP contribution is -2.21. The van der Waals surface area contributed by atoms with Crippen molar-refractivity contribution in [3.05, 3.63) is 59.9 Å². The Morgan fingerprint density at radius 3 is 2.64 bits per heavy atom. The summed E-state index contributed by atoms with van der Waals surface area (Å²) >= 11 is 0. The molecule has 0 aliphatic rings. The van der Waals surface area contributed by atoms with Crippen LogP contribution in [0.1, 0.15) is 12.0 Å². The van der Waals surface area contributed by atoms with Crippen LogP contribution < -0.4 is 15.4 Å². The van der Waals surface area contributed by atoms with Crippen LogP contribution in [-0.2, 0) is 11.3 Å². The zero-order valence-electron chi connectivity index (χ0n) is 12.4. The van der Waals surface area contributed by atoms with Gasteiger partial charge in [-0.3, -0.25) is 4.79 Å². The summed E-state index contributed by atoms with van der Waals surface area (Å²) in [5.74, 6) is 0.307. The van der Waals surface area contributed by atoms with Gasteiger partial charge in [-0.25, -0.2) is 4.39 Å². The number of carbonyl (C=O) groups is 1. The highest BCUT2D eigenvalue weighted by atomic mass is 19.1. The maximum atomic E-state index is 13.0. The minimum absolute atomic E-state index is 0.146. The number of methoxy groups -OCH3 is 1. The van der Waals surface area contributed by atoms with Gasteiger partial charge in [0.15, 0.2) is 0 Å². The van der Waals surface area contributed by atoms with Gasteiger partial charge in [-0.05, 0) is 35.9 Å². The third-order valence-electron chi connectivity index (χ3n) is 3.13. The second-order valence-corrected chi connectivity index (χ2v) is 4.83. The van der Waals surface area contributed by atoms with Gasteiger partial charge in [-0.1, -0.05) is 18.2 Å². The normalized spacial score (nSPS) is 10.3. The van der Waals surface area contributed by atoms with Crippen molar-refractivity contribution in [2.24, 2.45) is 0 Å². The molecule has 0 aromatic heterocycles. The van der Waals surface area contributed by atoms with Crippen molar-refractivity contribution in [1.29, 1.82) is 0 Å². The standard InChI is InChI=1S/C17H19FN2O2/c1-22-16-7-5-13(6-8-16)12-19-10-9-17(21)20-15-4-2-3-14(18)11-15/h2-8,11,19H,9-10,12H2,1H3,(H,20,21). The van der Waals surface area contributed by atoms with Crippen LogP contribution in [0.4, 0.5) is 10.1 Å². The molecule has 0 atom stereocenters. The van der Waals surface area contributed by atoms with Crippen LogP contribution in [0.3, 0.4) is 0 Å². The highest BCUT2D eigenvalue weighted by Crippen LogP contribution is 2.11. The molecule has 5 heteroatoms. The summed E-state index contributed by atoms with van der Waals surface area (Å²) in [6, 6.07) is 13.6. The average molecular weight is 302 g/mol. The molecule has 0 unspecified atom stereocenters. The van der Waals surface area contributed by atoms with Crippen molar-refractivity contribution in [2.75, 3.05) is 19.0 Å². The third-order valence-corrected chi connectivity index (χ3v) is 3.13. The summed E-state index contributed by atoms with van der Waals surface area (Å²) < 4.78 is 18.1. The summed E-state index contributed by atoms with van der Waals surface area (Å²) in [7, 11) is 1.63. The number of halogens is 1. The van der Waals surface area contributed by atoms with E-state index in [1.165, 1.54) is 12.1 Å². The Balaban J connectivity index is 1.68. The first-order chi connectivity index (χ1) is 10.7. The quantitative estimate of drug-likeness (QED) is 0.773. The molecular weight excluding hydrogens is 283 g/mol. The molecule has 116 valence electrons. The number of carbonyl (C=O) groups excluding carboxylic acids is 1. The van der Waals surface area contributed by atoms with E-state index < -0.39 is 0 Å². The highest BCUT2D eigenvalue weighted by Gasteiger charge is 2.03. The van der Waals surface area contributed by atoms with Crippen molar-refractivity contribution >= 4 is 11.6 Å². The predicted octanol–water partition coefficient (Wildman–Crippen LogP) is 2.95. The molecule has 22 heavy (non-hydrogen) atoms. The molecule has 2 aromatic carbocycles. The molecule has 2 aromatic rings. The minimum Gasteiger partial charge on any atom is -0.497 e. The molecule has 0 saturated heterocycles. The lowest BCUT2D eigenvalue weighted by molar-refractivity contribution is -0.116. The van der Waals surface area contributed by atoms with E-state index in [2.05, 4.69) is 10.6 Å². The monoisotopic (exact) mass is 302 g/mol. The fourth-order valence-corrected chi connectivity index (χ4v) is 1.97. The van der Waals surface area contributed by atoms with Crippen LogP contribution in [0.5, 0.6) is 5.75 Å². The molecule has 0 aliphatic heterocycles. The summed E-state index contributed by atoms with van der Waals surface area (Å²) in [6.45, 7) is 1.23. The minimum atomic E-state index is -0.365. The van der Waals surface area contributed by atoms with E-state index in [-0.39, 0.29) is 11.7 Å². The predicted molar refractivity (Wildman–Crippen MR) is 84.3 cm³/mol. The Morgan fingerprint density at radius 1 is 1.18 bits per heavy atom. The number of rotatable bonds is 7. The summed E-state index contributed by atoms with van der Waals surface area (Å²) in [5, 5.41) is 5.85. The molecule has 1 amide bonds. The van der Waals surface area contributed by atoms with Crippen LogP contribution in [0, 0.1) is 5.82 Å². The largest absolute Gasteiger partial charge is 0.497 e. The lowest BCUT2D eigenvalue weighted by atomic mass is 10.2. The van der Waals surface area contributed by atoms with Gasteiger partial charge in [-0.15, -0.1) is 0 Å². The Morgan fingerprint density at radius 2 is 1.95 bits per heavy atom. The van der Waals surface area contributed by atoms with E-state index in [1.54, 1.807) is 19.2 Å². The van der Waals surface area contributed by atoms with Gasteiger partial charge in [0.1, 0.15) is 11.6 Å². The van der Waals surface area contributed by atoms with Crippen molar-refractivity contribution in [3.63, 3.8) is 0 Å². The molecule has 0 aliphatic carbocycles. The first kappa shape index (κ1) is 16.0. The number of hydrogen-bond acceptors (Lipinski definition) is 3. The second-order valence-electron chi connectivity index (χ2n) is 4.83. The number of hydrogen-bond donors (Lipinski definition) is 2. The molecule has 0 saturated carbocycles. The summed E-state index contributed by atoms with van der Waals surface area (Å²) in [6.07, 6.45) is 0.326. The SMILES string of the molecule is COc1ccc(CNCCC(=O)Nc2cccc(F)c2)cc1. The smallest absolute Gasteiger partial charge is 0.225 e. The van der Waals surface area contributed by atoms with E-state index in [1.807, 2.05) is 24.3 Å². The molecule has 0 fully saturated rings. The molecule has 2 rings (SSSR count). The van der Waals surface area contributed by atoms with E-state index >= 15 is 0 Å². The van der Waals surface area contributed by atoms with Gasteiger partial charge in [0.2, 0.25) is 5.91 Å². The van der Waals surface area contributed by atoms with Crippen LogP contribution in [-0.4, -0.2) is 19.6 Å². The van der Waals surface area contributed by atoms with Gasteiger partial charge in [0.05, 0.1) is 7.11 Å². The number of nitrogens with one attached hydrogen (secondary N) is 2. The van der Waals surface area contributed by atoms with Crippen LogP contribution in [0.25, 0.3) is 0 Å². The fraction of sp³-hybridized carbons (Fsp3) is 0.235. The van der Waals surface area contributed by atoms with Crippen molar-refractivity contribution in [1.82, 2.24) is 5.32 Å². The molecular formula is C17H19FN2O2. The fourth-order valence-electron chi connectivity index (χ4n) is 1.97. The zero-order chi connectivity index (χ0) is 15.8. The zero-order valence-corrected chi connectivity index (χ0v) is 12.4. The van der Waals surface area contributed by atoms with E-state index in [0.29, 0.717) is 25.2 Å². The lowest BCUT2D eigenvalue weighted by Gasteiger charge is -2.07. The molecule has 4 nitrogen and oxygen atoms in total. The second kappa shape index (κ2) is 8.14. The number of benzene rings is 2. The number of amides is 1. The van der Waals surface area contributed by atoms with Crippen LogP contribution in [0.2, 0.25) is 0 Å². The molecule has 0 radical (unpaired) electrons. The Hall–Kier alpha value is -2.40. The maximum absolute atomic E-state index is 13.0. The van der Waals surface area contributed by atoms with Gasteiger partial charge in [-0.2, -0.15) is 0 Å². The summed E-state index contributed by atoms with van der Waals surface area (Å²) in [4.78, 5) is 11.7. The Bertz CT molecular complexity index is 614. The van der Waals surface area contributed by atoms with Crippen molar-refractivity contribution in [3.8, 4) is 5.75 Å². The van der Waals surface area contributed by atoms with Gasteiger partial charge in [0.25, 0.3) is 0 Å². The van der Waals surface area contributed by atoms with Crippen molar-refractivity contribution < 1.29 is 13.9 Å². The van der Waals surface area contributed by atoms with Gasteiger partial charge < -0.3 is 15.4 Å². The van der Waals surface area contributed by atoms with Crippen LogP contribution >= 0.6 is 0 Å². The van der Waals surface area contributed by atoms with E-state index in [9.17, 15) is 9.18 Å². The van der Waals surface area contributed by atoms with E-state index in [4.69, 9.17) is 4.74 Å². The van der Waals surface area contributed by atoms with E-state index in [0.717, 1.165) is 11.3 Å². The maximum Gasteiger partial charge on any atom is 0.225 e. The first-order valence-electron chi connectivity index (χ1n) is 7.06. The van der Waals surface area contributed by atoms with Gasteiger partial charge >= 0.3 is 0 Å². The summed E-state index contributed by atoms with van der Waals surface area (Å²) in [5.41, 5.74) is 1.59. The number of anilines is 1.